The predicted octanol–water partition coefficient (Wildman–Crippen LogP) is 2.07. The van der Waals surface area contributed by atoms with Gasteiger partial charge < -0.3 is 0 Å². The summed E-state index contributed by atoms with van der Waals surface area (Å²) in [5.41, 5.74) is 2.95. The molecule has 0 aliphatic heterocycles. The van der Waals surface area contributed by atoms with Crippen molar-refractivity contribution in [1.82, 2.24) is 0 Å². The quantitative estimate of drug-likeness (QED) is 0.519. The maximum Gasteiger partial charge on any atom is 0.00749 e. The van der Waals surface area contributed by atoms with Crippen molar-refractivity contribution in [3.05, 3.63) is 29.3 Å². The first-order chi connectivity index (χ1) is 4.38. The lowest BCUT2D eigenvalue weighted by atomic mass is 9.89. The highest BCUT2D eigenvalue weighted by atomic mass is 32.1. The summed E-state index contributed by atoms with van der Waals surface area (Å²) < 4.78 is 0. The Balaban J connectivity index is 2.64. The average molecular weight is 136 g/mol. The molecule has 0 atom stereocenters. The summed E-state index contributed by atoms with van der Waals surface area (Å²) in [5.74, 6) is 0. The molecule has 9 heavy (non-hydrogen) atoms. The molecule has 0 radical (unpaired) electrons. The normalized spacial score (nSPS) is 14.3. The highest BCUT2D eigenvalue weighted by Gasteiger charge is 2.13. The monoisotopic (exact) mass is 136 g/mol. The molecule has 2 rings (SSSR count). The molecule has 1 aliphatic rings. The SMILES string of the molecule is Sc1cccc2c1CC2. The molecule has 0 spiro atoms. The van der Waals surface area contributed by atoms with Gasteiger partial charge in [0, 0.05) is 4.90 Å². The molecule has 0 amide bonds. The summed E-state index contributed by atoms with van der Waals surface area (Å²) >= 11 is 4.32. The van der Waals surface area contributed by atoms with Crippen LogP contribution in [0.3, 0.4) is 0 Å². The van der Waals surface area contributed by atoms with Crippen molar-refractivity contribution in [2.45, 2.75) is 17.7 Å². The van der Waals surface area contributed by atoms with Gasteiger partial charge in [0.1, 0.15) is 0 Å². The number of hydrogen-bond donors (Lipinski definition) is 1. The number of thiol groups is 1. The van der Waals surface area contributed by atoms with Crippen LogP contribution in [0.4, 0.5) is 0 Å². The smallest absolute Gasteiger partial charge is 0.00749 e. The first kappa shape index (κ1) is 5.36. The van der Waals surface area contributed by atoms with Gasteiger partial charge in [0.25, 0.3) is 0 Å². The Hall–Kier alpha value is -0.430. The van der Waals surface area contributed by atoms with Crippen LogP contribution in [0.1, 0.15) is 11.1 Å². The minimum atomic E-state index is 1.17. The molecule has 1 aromatic rings. The van der Waals surface area contributed by atoms with E-state index in [1.165, 1.54) is 28.9 Å². The number of benzene rings is 1. The Morgan fingerprint density at radius 1 is 1.22 bits per heavy atom. The van der Waals surface area contributed by atoms with E-state index >= 15 is 0 Å². The molecule has 0 unspecified atom stereocenters. The summed E-state index contributed by atoms with van der Waals surface area (Å²) in [5, 5.41) is 0. The molecular formula is C8H8S. The third kappa shape index (κ3) is 0.681. The zero-order valence-electron chi connectivity index (χ0n) is 5.09. The topological polar surface area (TPSA) is 0 Å². The maximum absolute atomic E-state index is 4.32. The number of aryl methyl sites for hydroxylation is 1. The van der Waals surface area contributed by atoms with Crippen LogP contribution in [0.2, 0.25) is 0 Å². The van der Waals surface area contributed by atoms with Gasteiger partial charge in [-0.15, -0.1) is 12.6 Å². The second-order valence-electron chi connectivity index (χ2n) is 2.41. The van der Waals surface area contributed by atoms with Crippen LogP contribution in [0.25, 0.3) is 0 Å². The molecule has 1 heteroatoms. The molecule has 0 bridgehead atoms. The first-order valence-electron chi connectivity index (χ1n) is 3.17. The van der Waals surface area contributed by atoms with Crippen molar-refractivity contribution in [3.8, 4) is 0 Å². The fraction of sp³-hybridized carbons (Fsp3) is 0.250. The molecule has 1 aromatic carbocycles. The van der Waals surface area contributed by atoms with Crippen LogP contribution in [-0.4, -0.2) is 0 Å². The van der Waals surface area contributed by atoms with E-state index < -0.39 is 0 Å². The van der Waals surface area contributed by atoms with Gasteiger partial charge in [-0.2, -0.15) is 0 Å². The van der Waals surface area contributed by atoms with Crippen molar-refractivity contribution in [2.24, 2.45) is 0 Å². The summed E-state index contributed by atoms with van der Waals surface area (Å²) in [6, 6.07) is 6.31. The Morgan fingerprint density at radius 3 is 2.56 bits per heavy atom. The maximum atomic E-state index is 4.32. The third-order valence-corrected chi connectivity index (χ3v) is 2.31. The summed E-state index contributed by atoms with van der Waals surface area (Å²) in [4.78, 5) is 1.17. The van der Waals surface area contributed by atoms with Gasteiger partial charge in [-0.05, 0) is 30.0 Å². The molecule has 0 nitrogen and oxygen atoms in total. The van der Waals surface area contributed by atoms with Crippen LogP contribution in [0, 0.1) is 0 Å². The Bertz CT molecular complexity index is 226. The fourth-order valence-corrected chi connectivity index (χ4v) is 1.57. The van der Waals surface area contributed by atoms with Crippen LogP contribution >= 0.6 is 12.6 Å². The lowest BCUT2D eigenvalue weighted by Crippen LogP contribution is -2.08. The van der Waals surface area contributed by atoms with Gasteiger partial charge in [0.15, 0.2) is 0 Å². The van der Waals surface area contributed by atoms with E-state index in [2.05, 4.69) is 30.8 Å². The van der Waals surface area contributed by atoms with Gasteiger partial charge in [-0.1, -0.05) is 12.1 Å². The van der Waals surface area contributed by atoms with Gasteiger partial charge in [0.2, 0.25) is 0 Å². The molecule has 0 heterocycles. The van der Waals surface area contributed by atoms with Crippen molar-refractivity contribution < 1.29 is 0 Å². The van der Waals surface area contributed by atoms with Crippen molar-refractivity contribution >= 4 is 12.6 Å². The van der Waals surface area contributed by atoms with Crippen molar-refractivity contribution in [2.75, 3.05) is 0 Å². The predicted molar refractivity (Wildman–Crippen MR) is 41.1 cm³/mol. The number of hydrogen-bond acceptors (Lipinski definition) is 1. The minimum Gasteiger partial charge on any atom is -0.143 e. The highest BCUT2D eigenvalue weighted by molar-refractivity contribution is 7.80. The van der Waals surface area contributed by atoms with Crippen molar-refractivity contribution in [3.63, 3.8) is 0 Å². The molecule has 46 valence electrons. The molecule has 0 saturated carbocycles. The molecule has 1 aliphatic carbocycles. The van der Waals surface area contributed by atoms with Gasteiger partial charge in [-0.3, -0.25) is 0 Å². The van der Waals surface area contributed by atoms with Crippen LogP contribution in [0.5, 0.6) is 0 Å². The van der Waals surface area contributed by atoms with Crippen LogP contribution < -0.4 is 0 Å². The average Bonchev–Trinajstić information content (AvgIpc) is 1.74. The summed E-state index contributed by atoms with van der Waals surface area (Å²) in [6.07, 6.45) is 2.48. The van der Waals surface area contributed by atoms with Gasteiger partial charge in [0.05, 0.1) is 0 Å². The van der Waals surface area contributed by atoms with E-state index in [4.69, 9.17) is 0 Å². The van der Waals surface area contributed by atoms with Gasteiger partial charge >= 0.3 is 0 Å². The lowest BCUT2D eigenvalue weighted by molar-refractivity contribution is 0.812. The van der Waals surface area contributed by atoms with E-state index in [-0.39, 0.29) is 0 Å². The molecule has 0 fully saturated rings. The zero-order chi connectivity index (χ0) is 6.27. The minimum absolute atomic E-state index is 1.17. The third-order valence-electron chi connectivity index (χ3n) is 1.89. The standard InChI is InChI=1S/C8H8S/c9-8-3-1-2-6-4-5-7(6)8/h1-3,9H,4-5H2. The summed E-state index contributed by atoms with van der Waals surface area (Å²) in [6.45, 7) is 0. The fourth-order valence-electron chi connectivity index (χ4n) is 1.23. The van der Waals surface area contributed by atoms with E-state index in [1.54, 1.807) is 0 Å². The Labute approximate surface area is 60.3 Å². The molecule has 0 aromatic heterocycles. The van der Waals surface area contributed by atoms with Crippen LogP contribution in [-0.2, 0) is 12.8 Å². The molecule has 0 N–H and O–H groups in total. The second kappa shape index (κ2) is 1.77. The van der Waals surface area contributed by atoms with Gasteiger partial charge in [-0.25, -0.2) is 0 Å². The number of fused-ring (bicyclic) bond motifs is 1. The summed E-state index contributed by atoms with van der Waals surface area (Å²) in [7, 11) is 0. The molecular weight excluding hydrogens is 128 g/mol. The van der Waals surface area contributed by atoms with Crippen LogP contribution in [0.15, 0.2) is 23.1 Å². The highest BCUT2D eigenvalue weighted by Crippen LogP contribution is 2.27. The first-order valence-corrected chi connectivity index (χ1v) is 3.62. The Kier molecular flexibility index (Phi) is 1.06. The zero-order valence-corrected chi connectivity index (χ0v) is 5.99. The molecule has 0 saturated heterocycles. The van der Waals surface area contributed by atoms with E-state index in [1.807, 2.05) is 0 Å². The Morgan fingerprint density at radius 2 is 2.11 bits per heavy atom. The largest absolute Gasteiger partial charge is 0.143 e. The van der Waals surface area contributed by atoms with E-state index in [0.29, 0.717) is 0 Å². The second-order valence-corrected chi connectivity index (χ2v) is 2.90. The lowest BCUT2D eigenvalue weighted by Gasteiger charge is -2.19. The van der Waals surface area contributed by atoms with E-state index in [0.717, 1.165) is 0 Å². The van der Waals surface area contributed by atoms with E-state index in [9.17, 15) is 0 Å². The number of rotatable bonds is 0. The van der Waals surface area contributed by atoms with Crippen molar-refractivity contribution in [1.29, 1.82) is 0 Å².